The lowest BCUT2D eigenvalue weighted by atomic mass is 9.81. The normalized spacial score (nSPS) is 15.6. The first-order chi connectivity index (χ1) is 13.0. The number of carbonyl (C=O) groups excluding carboxylic acids is 2. The third kappa shape index (κ3) is 4.30. The number of fused-ring (bicyclic) bond motifs is 1. The molecule has 2 aromatic carbocycles. The molecule has 1 amide bonds. The van der Waals surface area contributed by atoms with E-state index in [2.05, 4.69) is 17.4 Å². The van der Waals surface area contributed by atoms with Gasteiger partial charge in [0, 0.05) is 12.1 Å². The van der Waals surface area contributed by atoms with Crippen LogP contribution in [0.3, 0.4) is 0 Å². The predicted octanol–water partition coefficient (Wildman–Crippen LogP) is 4.24. The van der Waals surface area contributed by atoms with Crippen molar-refractivity contribution in [3.05, 3.63) is 58.7 Å². The molecule has 0 saturated heterocycles. The number of carbonyl (C=O) groups is 2. The minimum atomic E-state index is -0.416. The van der Waals surface area contributed by atoms with Crippen LogP contribution in [-0.2, 0) is 16.0 Å². The monoisotopic (exact) mass is 367 g/mol. The summed E-state index contributed by atoms with van der Waals surface area (Å²) in [6, 6.07) is 11.3. The number of nitrogens with one attached hydrogen (secondary N) is 1. The minimum absolute atomic E-state index is 0.0474. The summed E-state index contributed by atoms with van der Waals surface area (Å²) in [6.45, 7) is 1.90. The fraction of sp³-hybridized carbons (Fsp3) is 0.364. The quantitative estimate of drug-likeness (QED) is 0.803. The van der Waals surface area contributed by atoms with Crippen molar-refractivity contribution in [1.29, 1.82) is 0 Å². The SMILES string of the molecule is COC(=O)c1ccc(C)c(NC(=O)CC2CCCc3cc(OC)ccc32)c1. The van der Waals surface area contributed by atoms with Crippen LogP contribution in [0.2, 0.25) is 0 Å². The first kappa shape index (κ1) is 19.0. The van der Waals surface area contributed by atoms with Crippen LogP contribution in [-0.4, -0.2) is 26.1 Å². The molecule has 142 valence electrons. The zero-order valence-electron chi connectivity index (χ0n) is 16.0. The van der Waals surface area contributed by atoms with Crippen molar-refractivity contribution in [3.63, 3.8) is 0 Å². The van der Waals surface area contributed by atoms with Crippen LogP contribution in [0.25, 0.3) is 0 Å². The molecule has 0 aliphatic heterocycles. The number of hydrogen-bond acceptors (Lipinski definition) is 4. The molecule has 1 atom stereocenters. The molecule has 1 unspecified atom stereocenters. The molecule has 3 rings (SSSR count). The first-order valence-corrected chi connectivity index (χ1v) is 9.17. The van der Waals surface area contributed by atoms with Gasteiger partial charge in [0.05, 0.1) is 19.8 Å². The summed E-state index contributed by atoms with van der Waals surface area (Å²) in [5, 5.41) is 2.96. The van der Waals surface area contributed by atoms with Crippen LogP contribution >= 0.6 is 0 Å². The van der Waals surface area contributed by atoms with E-state index in [1.807, 2.05) is 19.1 Å². The molecule has 2 aromatic rings. The van der Waals surface area contributed by atoms with Gasteiger partial charge >= 0.3 is 5.97 Å². The van der Waals surface area contributed by atoms with Crippen LogP contribution < -0.4 is 10.1 Å². The van der Waals surface area contributed by atoms with Gasteiger partial charge in [0.1, 0.15) is 5.75 Å². The van der Waals surface area contributed by atoms with Crippen molar-refractivity contribution in [1.82, 2.24) is 0 Å². The molecule has 0 heterocycles. The number of esters is 1. The van der Waals surface area contributed by atoms with E-state index in [0.717, 1.165) is 30.6 Å². The number of hydrogen-bond donors (Lipinski definition) is 1. The number of amides is 1. The summed E-state index contributed by atoms with van der Waals surface area (Å²) >= 11 is 0. The molecule has 0 saturated carbocycles. The summed E-state index contributed by atoms with van der Waals surface area (Å²) in [5.74, 6) is 0.590. The molecular weight excluding hydrogens is 342 g/mol. The lowest BCUT2D eigenvalue weighted by Gasteiger charge is -2.25. The molecule has 1 aliphatic rings. The fourth-order valence-corrected chi connectivity index (χ4v) is 3.66. The fourth-order valence-electron chi connectivity index (χ4n) is 3.66. The van der Waals surface area contributed by atoms with Gasteiger partial charge in [-0.15, -0.1) is 0 Å². The Hall–Kier alpha value is -2.82. The highest BCUT2D eigenvalue weighted by Gasteiger charge is 2.23. The van der Waals surface area contributed by atoms with Gasteiger partial charge in [0.15, 0.2) is 0 Å². The van der Waals surface area contributed by atoms with E-state index in [1.165, 1.54) is 18.2 Å². The average molecular weight is 367 g/mol. The van der Waals surface area contributed by atoms with E-state index in [4.69, 9.17) is 9.47 Å². The van der Waals surface area contributed by atoms with Gasteiger partial charge in [0.25, 0.3) is 0 Å². The number of ether oxygens (including phenoxy) is 2. The molecule has 1 aliphatic carbocycles. The van der Waals surface area contributed by atoms with Crippen LogP contribution in [0.5, 0.6) is 5.75 Å². The molecule has 1 N–H and O–H groups in total. The summed E-state index contributed by atoms with van der Waals surface area (Å²) < 4.78 is 10.1. The highest BCUT2D eigenvalue weighted by atomic mass is 16.5. The Morgan fingerprint density at radius 3 is 2.70 bits per heavy atom. The average Bonchev–Trinajstić information content (AvgIpc) is 2.68. The maximum absolute atomic E-state index is 12.7. The van der Waals surface area contributed by atoms with Crippen LogP contribution in [0.1, 0.15) is 52.2 Å². The second-order valence-electron chi connectivity index (χ2n) is 6.93. The highest BCUT2D eigenvalue weighted by Crippen LogP contribution is 2.36. The smallest absolute Gasteiger partial charge is 0.337 e. The Bertz CT molecular complexity index is 859. The maximum atomic E-state index is 12.7. The topological polar surface area (TPSA) is 64.6 Å². The molecular formula is C22H25NO4. The van der Waals surface area contributed by atoms with Crippen molar-refractivity contribution in [3.8, 4) is 5.75 Å². The second-order valence-corrected chi connectivity index (χ2v) is 6.93. The zero-order chi connectivity index (χ0) is 19.4. The number of anilines is 1. The number of rotatable bonds is 5. The predicted molar refractivity (Wildman–Crippen MR) is 104 cm³/mol. The molecule has 0 bridgehead atoms. The van der Waals surface area contributed by atoms with Crippen molar-refractivity contribution >= 4 is 17.6 Å². The zero-order valence-corrected chi connectivity index (χ0v) is 16.0. The molecule has 0 spiro atoms. The van der Waals surface area contributed by atoms with Crippen LogP contribution in [0.4, 0.5) is 5.69 Å². The molecule has 0 aromatic heterocycles. The van der Waals surface area contributed by atoms with Gasteiger partial charge in [-0.05, 0) is 73.1 Å². The van der Waals surface area contributed by atoms with Crippen LogP contribution in [0.15, 0.2) is 36.4 Å². The lowest BCUT2D eigenvalue weighted by molar-refractivity contribution is -0.116. The molecule has 5 heteroatoms. The third-order valence-corrected chi connectivity index (χ3v) is 5.15. The van der Waals surface area contributed by atoms with Crippen molar-refractivity contribution in [2.45, 2.75) is 38.5 Å². The van der Waals surface area contributed by atoms with Gasteiger partial charge in [0.2, 0.25) is 5.91 Å². The Kier molecular flexibility index (Phi) is 5.79. The molecule has 0 radical (unpaired) electrons. The first-order valence-electron chi connectivity index (χ1n) is 9.17. The van der Waals surface area contributed by atoms with Gasteiger partial charge in [-0.1, -0.05) is 12.1 Å². The van der Waals surface area contributed by atoms with Crippen molar-refractivity contribution in [2.24, 2.45) is 0 Å². The standard InChI is InChI=1S/C22H25NO4/c1-14-7-8-17(22(25)27-3)12-20(14)23-21(24)13-16-6-4-5-15-11-18(26-2)9-10-19(15)16/h7-12,16H,4-6,13H2,1-3H3,(H,23,24). The van der Waals surface area contributed by atoms with Gasteiger partial charge in [-0.25, -0.2) is 4.79 Å². The summed E-state index contributed by atoms with van der Waals surface area (Å²) in [4.78, 5) is 24.4. The summed E-state index contributed by atoms with van der Waals surface area (Å²) in [7, 11) is 3.01. The number of methoxy groups -OCH3 is 2. The van der Waals surface area contributed by atoms with Crippen molar-refractivity contribution in [2.75, 3.05) is 19.5 Å². The minimum Gasteiger partial charge on any atom is -0.497 e. The van der Waals surface area contributed by atoms with Gasteiger partial charge in [-0.3, -0.25) is 4.79 Å². The summed E-state index contributed by atoms with van der Waals surface area (Å²) in [6.07, 6.45) is 3.50. The van der Waals surface area contributed by atoms with E-state index in [-0.39, 0.29) is 11.8 Å². The lowest BCUT2D eigenvalue weighted by Crippen LogP contribution is -2.19. The molecule has 0 fully saturated rings. The second kappa shape index (κ2) is 8.25. The summed E-state index contributed by atoms with van der Waals surface area (Å²) in [5.41, 5.74) is 4.48. The van der Waals surface area contributed by atoms with Crippen molar-refractivity contribution < 1.29 is 19.1 Å². The van der Waals surface area contributed by atoms with E-state index < -0.39 is 5.97 Å². The Morgan fingerprint density at radius 2 is 1.96 bits per heavy atom. The van der Waals surface area contributed by atoms with E-state index in [1.54, 1.807) is 19.2 Å². The number of aryl methyl sites for hydroxylation is 2. The van der Waals surface area contributed by atoms with Crippen LogP contribution in [0, 0.1) is 6.92 Å². The number of benzene rings is 2. The molecule has 5 nitrogen and oxygen atoms in total. The maximum Gasteiger partial charge on any atom is 0.337 e. The van der Waals surface area contributed by atoms with Gasteiger partial charge in [-0.2, -0.15) is 0 Å². The molecule has 27 heavy (non-hydrogen) atoms. The highest BCUT2D eigenvalue weighted by molar-refractivity contribution is 5.95. The van der Waals surface area contributed by atoms with E-state index in [0.29, 0.717) is 17.7 Å². The van der Waals surface area contributed by atoms with E-state index >= 15 is 0 Å². The third-order valence-electron chi connectivity index (χ3n) is 5.15. The Labute approximate surface area is 159 Å². The largest absolute Gasteiger partial charge is 0.497 e. The van der Waals surface area contributed by atoms with E-state index in [9.17, 15) is 9.59 Å². The Balaban J connectivity index is 1.73. The Morgan fingerprint density at radius 1 is 1.15 bits per heavy atom. The van der Waals surface area contributed by atoms with Gasteiger partial charge < -0.3 is 14.8 Å².